The summed E-state index contributed by atoms with van der Waals surface area (Å²) in [5, 5.41) is 0. The van der Waals surface area contributed by atoms with Crippen LogP contribution < -0.4 is 5.73 Å². The van der Waals surface area contributed by atoms with Crippen molar-refractivity contribution in [2.75, 3.05) is 7.11 Å². The number of hydrogen-bond donors (Lipinski definition) is 1. The first-order chi connectivity index (χ1) is 4.97. The van der Waals surface area contributed by atoms with Gasteiger partial charge in [-0.2, -0.15) is 0 Å². The molecule has 2 N–H and O–H groups in total. The molecular weight excluding hydrogens is 138 g/mol. The van der Waals surface area contributed by atoms with Gasteiger partial charge >= 0.3 is 0 Å². The molecule has 0 radical (unpaired) electrons. The molecule has 0 unspecified atom stereocenters. The van der Waals surface area contributed by atoms with E-state index in [2.05, 4.69) is 13.8 Å². The molecule has 0 aromatic carbocycles. The minimum atomic E-state index is 0.0536. The highest BCUT2D eigenvalue weighted by atomic mass is 16.5. The monoisotopic (exact) mass is 157 g/mol. The quantitative estimate of drug-likeness (QED) is 0.628. The van der Waals surface area contributed by atoms with Crippen LogP contribution in [-0.2, 0) is 4.74 Å². The fraction of sp³-hybridized carbons (Fsp3) is 1.00. The van der Waals surface area contributed by atoms with Crippen LogP contribution in [0.15, 0.2) is 0 Å². The zero-order valence-corrected chi connectivity index (χ0v) is 7.81. The van der Waals surface area contributed by atoms with Crippen molar-refractivity contribution in [3.8, 4) is 0 Å². The minimum Gasteiger partial charge on any atom is -0.379 e. The first-order valence-corrected chi connectivity index (χ1v) is 4.32. The average molecular weight is 157 g/mol. The summed E-state index contributed by atoms with van der Waals surface area (Å²) in [5.74, 6) is 0. The zero-order valence-electron chi connectivity index (χ0n) is 7.81. The predicted octanol–water partition coefficient (Wildman–Crippen LogP) is 1.68. The Kier molecular flexibility index (Phi) is 2.26. The van der Waals surface area contributed by atoms with Gasteiger partial charge in [-0.15, -0.1) is 0 Å². The largest absolute Gasteiger partial charge is 0.379 e. The smallest absolute Gasteiger partial charge is 0.0652 e. The fourth-order valence-corrected chi connectivity index (χ4v) is 1.55. The summed E-state index contributed by atoms with van der Waals surface area (Å²) in [6.45, 7) is 4.30. The highest BCUT2D eigenvalue weighted by molar-refractivity contribution is 4.91. The molecule has 11 heavy (non-hydrogen) atoms. The second-order valence-electron chi connectivity index (χ2n) is 4.31. The SMILES string of the molecule is COC1(C)CCC(C)(N)CC1. The molecule has 0 heterocycles. The first kappa shape index (κ1) is 9.01. The standard InChI is InChI=1S/C9H19NO/c1-8(10)4-6-9(2,11-3)7-5-8/h4-7,10H2,1-3H3. The fourth-order valence-electron chi connectivity index (χ4n) is 1.55. The van der Waals surface area contributed by atoms with Gasteiger partial charge in [0.05, 0.1) is 5.60 Å². The van der Waals surface area contributed by atoms with Gasteiger partial charge in [0, 0.05) is 12.6 Å². The molecule has 0 spiro atoms. The van der Waals surface area contributed by atoms with Crippen LogP contribution in [0, 0.1) is 0 Å². The van der Waals surface area contributed by atoms with Gasteiger partial charge < -0.3 is 10.5 Å². The normalized spacial score (nSPS) is 45.8. The highest BCUT2D eigenvalue weighted by Crippen LogP contribution is 2.34. The van der Waals surface area contributed by atoms with Crippen molar-refractivity contribution in [3.63, 3.8) is 0 Å². The molecule has 1 fully saturated rings. The van der Waals surface area contributed by atoms with Gasteiger partial charge in [0.1, 0.15) is 0 Å². The molecule has 1 aliphatic carbocycles. The van der Waals surface area contributed by atoms with E-state index in [9.17, 15) is 0 Å². The Bertz CT molecular complexity index is 132. The lowest BCUT2D eigenvalue weighted by atomic mass is 9.76. The summed E-state index contributed by atoms with van der Waals surface area (Å²) in [5.41, 5.74) is 6.15. The lowest BCUT2D eigenvalue weighted by Crippen LogP contribution is -2.45. The van der Waals surface area contributed by atoms with E-state index >= 15 is 0 Å². The molecule has 0 aliphatic heterocycles. The molecule has 0 aromatic rings. The van der Waals surface area contributed by atoms with Crippen LogP contribution in [-0.4, -0.2) is 18.2 Å². The molecule has 1 saturated carbocycles. The summed E-state index contributed by atoms with van der Waals surface area (Å²) < 4.78 is 5.42. The van der Waals surface area contributed by atoms with Gasteiger partial charge in [-0.1, -0.05) is 0 Å². The summed E-state index contributed by atoms with van der Waals surface area (Å²) >= 11 is 0. The molecule has 1 rings (SSSR count). The number of methoxy groups -OCH3 is 1. The van der Waals surface area contributed by atoms with Crippen LogP contribution in [0.25, 0.3) is 0 Å². The molecule has 0 amide bonds. The molecule has 66 valence electrons. The van der Waals surface area contributed by atoms with Crippen LogP contribution in [0.5, 0.6) is 0 Å². The summed E-state index contributed by atoms with van der Waals surface area (Å²) in [6, 6.07) is 0. The first-order valence-electron chi connectivity index (χ1n) is 4.32. The molecular formula is C9H19NO. The van der Waals surface area contributed by atoms with Gasteiger partial charge in [0.15, 0.2) is 0 Å². The van der Waals surface area contributed by atoms with Crippen LogP contribution in [0.2, 0.25) is 0 Å². The molecule has 0 atom stereocenters. The topological polar surface area (TPSA) is 35.2 Å². The van der Waals surface area contributed by atoms with E-state index in [4.69, 9.17) is 10.5 Å². The maximum absolute atomic E-state index is 6.00. The van der Waals surface area contributed by atoms with Crippen molar-refractivity contribution in [1.82, 2.24) is 0 Å². The molecule has 2 nitrogen and oxygen atoms in total. The van der Waals surface area contributed by atoms with E-state index in [1.54, 1.807) is 7.11 Å². The van der Waals surface area contributed by atoms with Crippen molar-refractivity contribution < 1.29 is 4.74 Å². The number of ether oxygens (including phenoxy) is 1. The predicted molar refractivity (Wildman–Crippen MR) is 46.5 cm³/mol. The van der Waals surface area contributed by atoms with E-state index in [1.807, 2.05) is 0 Å². The summed E-state index contributed by atoms with van der Waals surface area (Å²) in [6.07, 6.45) is 4.35. The van der Waals surface area contributed by atoms with Crippen molar-refractivity contribution in [3.05, 3.63) is 0 Å². The molecule has 2 heteroatoms. The maximum Gasteiger partial charge on any atom is 0.0652 e. The number of rotatable bonds is 1. The lowest BCUT2D eigenvalue weighted by molar-refractivity contribution is -0.0361. The van der Waals surface area contributed by atoms with E-state index in [-0.39, 0.29) is 11.1 Å². The Hall–Kier alpha value is -0.0800. The Balaban J connectivity index is 2.48. The van der Waals surface area contributed by atoms with Gasteiger partial charge in [-0.25, -0.2) is 0 Å². The third-order valence-electron chi connectivity index (χ3n) is 2.94. The maximum atomic E-state index is 6.00. The third-order valence-corrected chi connectivity index (χ3v) is 2.94. The average Bonchev–Trinajstić information content (AvgIpc) is 1.97. The molecule has 0 bridgehead atoms. The molecule has 0 aromatic heterocycles. The Morgan fingerprint density at radius 3 is 1.91 bits per heavy atom. The van der Waals surface area contributed by atoms with Crippen molar-refractivity contribution in [2.45, 2.75) is 50.7 Å². The lowest BCUT2D eigenvalue weighted by Gasteiger charge is -2.40. The van der Waals surface area contributed by atoms with E-state index in [0.717, 1.165) is 25.7 Å². The van der Waals surface area contributed by atoms with Crippen molar-refractivity contribution in [2.24, 2.45) is 5.73 Å². The van der Waals surface area contributed by atoms with Crippen LogP contribution in [0.4, 0.5) is 0 Å². The van der Waals surface area contributed by atoms with Gasteiger partial charge in [0.2, 0.25) is 0 Å². The summed E-state index contributed by atoms with van der Waals surface area (Å²) in [4.78, 5) is 0. The Morgan fingerprint density at radius 2 is 1.55 bits per heavy atom. The minimum absolute atomic E-state index is 0.0536. The van der Waals surface area contributed by atoms with E-state index in [1.165, 1.54) is 0 Å². The van der Waals surface area contributed by atoms with Gasteiger partial charge in [-0.05, 0) is 39.5 Å². The van der Waals surface area contributed by atoms with Crippen LogP contribution in [0.3, 0.4) is 0 Å². The molecule has 1 aliphatic rings. The van der Waals surface area contributed by atoms with Crippen molar-refractivity contribution >= 4 is 0 Å². The highest BCUT2D eigenvalue weighted by Gasteiger charge is 2.34. The number of hydrogen-bond acceptors (Lipinski definition) is 2. The molecule has 0 saturated heterocycles. The Labute approximate surface area is 69.1 Å². The van der Waals surface area contributed by atoms with Crippen molar-refractivity contribution in [1.29, 1.82) is 0 Å². The zero-order chi connectivity index (χ0) is 8.54. The van der Waals surface area contributed by atoms with Crippen LogP contribution >= 0.6 is 0 Å². The van der Waals surface area contributed by atoms with Gasteiger partial charge in [-0.3, -0.25) is 0 Å². The Morgan fingerprint density at radius 1 is 1.09 bits per heavy atom. The third kappa shape index (κ3) is 2.17. The second-order valence-corrected chi connectivity index (χ2v) is 4.31. The number of nitrogens with two attached hydrogens (primary N) is 1. The summed E-state index contributed by atoms with van der Waals surface area (Å²) in [7, 11) is 1.79. The van der Waals surface area contributed by atoms with Gasteiger partial charge in [0.25, 0.3) is 0 Å². The van der Waals surface area contributed by atoms with E-state index in [0.29, 0.717) is 0 Å². The van der Waals surface area contributed by atoms with E-state index < -0.39 is 0 Å². The van der Waals surface area contributed by atoms with Crippen LogP contribution in [0.1, 0.15) is 39.5 Å². The second kappa shape index (κ2) is 2.76.